The van der Waals surface area contributed by atoms with Crippen LogP contribution < -0.4 is 15.8 Å². The molecule has 8 aliphatic rings. The van der Waals surface area contributed by atoms with Crippen LogP contribution in [0.2, 0.25) is 0 Å². The highest BCUT2D eigenvalue weighted by Gasteiger charge is 2.58. The van der Waals surface area contributed by atoms with E-state index >= 15 is 0 Å². The number of rotatable bonds is 2. The van der Waals surface area contributed by atoms with Crippen molar-refractivity contribution < 1.29 is 29.3 Å². The first-order valence-corrected chi connectivity index (χ1v) is 29.4. The molecule has 68 heavy (non-hydrogen) atoms. The Labute approximate surface area is 414 Å². The van der Waals surface area contributed by atoms with Crippen molar-refractivity contribution in [3.63, 3.8) is 0 Å². The molecule has 4 spiro atoms. The van der Waals surface area contributed by atoms with Crippen LogP contribution in [0.25, 0.3) is 0 Å². The van der Waals surface area contributed by atoms with Gasteiger partial charge >= 0.3 is 5.97 Å². The molecule has 372 valence electrons. The molecule has 3 aliphatic heterocycles. The minimum atomic E-state index is -0.562. The number of esters is 1. The number of guanidine groups is 1. The Morgan fingerprint density at radius 1 is 0.882 bits per heavy atom. The Morgan fingerprint density at radius 2 is 1.65 bits per heavy atom. The largest absolute Gasteiger partial charge is 0.504 e. The number of ether oxygens (including phenoxy) is 2. The molecule has 2 aromatic carbocycles. The molecule has 1 amide bonds. The topological polar surface area (TPSA) is 147 Å². The maximum Gasteiger partial charge on any atom is 0.302 e. The van der Waals surface area contributed by atoms with Gasteiger partial charge < -0.3 is 35.6 Å². The minimum Gasteiger partial charge on any atom is -0.504 e. The standard InChI is InChI=1S/C56H80N4O6S2/c1-38(61)65-45-21-18-41-31-42(50(64)51-46(41)22-19-40-15-11-17-48(40)66-51)35-60-36-55(33-49(60)63)43(20-23-47(55)39-13-3-2-4-14-39)34-58-52(57)59-56(30-12-29-54(56)27-9-10-28-54)68-67-37-53(25-7-8-26-53)24-6-5-16-44(62)32-45/h2-4,13-14,31,40,43-45,47-48,62,64H,5-12,15-30,32-37H2,1H3,(H3,57,58,59). The summed E-state index contributed by atoms with van der Waals surface area (Å²) in [7, 11) is 4.16. The molecule has 4 bridgehead atoms. The summed E-state index contributed by atoms with van der Waals surface area (Å²) in [5.41, 5.74) is 11.4. The van der Waals surface area contributed by atoms with Crippen LogP contribution in [-0.2, 0) is 33.7 Å². The van der Waals surface area contributed by atoms with Crippen molar-refractivity contribution in [3.8, 4) is 11.5 Å². The van der Waals surface area contributed by atoms with Crippen LogP contribution in [0, 0.1) is 28.1 Å². The number of hydrogen-bond acceptors (Lipinski definition) is 11. The monoisotopic (exact) mass is 969 g/mol. The number of amides is 1. The van der Waals surface area contributed by atoms with Crippen LogP contribution in [-0.4, -0.2) is 75.0 Å². The lowest BCUT2D eigenvalue weighted by molar-refractivity contribution is -0.148. The molecule has 1 saturated heterocycles. The van der Waals surface area contributed by atoms with E-state index in [-0.39, 0.29) is 57.8 Å². The van der Waals surface area contributed by atoms with Gasteiger partial charge in [0.25, 0.3) is 0 Å². The number of nitrogens with one attached hydrogen (secondary N) is 1. The Kier molecular flexibility index (Phi) is 14.7. The summed E-state index contributed by atoms with van der Waals surface area (Å²) in [4.78, 5) is 34.4. The van der Waals surface area contributed by atoms with Crippen LogP contribution >= 0.6 is 21.6 Å². The molecule has 5 saturated carbocycles. The number of fused-ring (bicyclic) bond motifs is 7. The SMILES string of the molecule is CC(=O)OC1CCc2cc(c(O)c3c2CCC2CCCC2O3)CN2CC3(CC2=O)C(CCC3c2ccccc2)CN=C(N)NC2(CCCC23CCCC3)SSCC2(CCCCC(O)C1)CCCC2. The van der Waals surface area contributed by atoms with Crippen molar-refractivity contribution in [2.75, 3.05) is 18.8 Å². The lowest BCUT2D eigenvalue weighted by Crippen LogP contribution is -2.55. The van der Waals surface area contributed by atoms with E-state index in [1.54, 1.807) is 0 Å². The summed E-state index contributed by atoms with van der Waals surface area (Å²) in [6.45, 7) is 2.92. The van der Waals surface area contributed by atoms with Gasteiger partial charge in [-0.15, -0.1) is 0 Å². The number of benzene rings is 2. The maximum atomic E-state index is 14.7. The van der Waals surface area contributed by atoms with E-state index in [1.807, 2.05) is 4.90 Å². The van der Waals surface area contributed by atoms with Gasteiger partial charge in [-0.2, -0.15) is 0 Å². The Hall–Kier alpha value is -3.09. The van der Waals surface area contributed by atoms with Gasteiger partial charge in [0.1, 0.15) is 17.1 Å². The van der Waals surface area contributed by atoms with Crippen molar-refractivity contribution in [2.24, 2.45) is 38.8 Å². The van der Waals surface area contributed by atoms with Crippen LogP contribution in [0.4, 0.5) is 0 Å². The summed E-state index contributed by atoms with van der Waals surface area (Å²) >= 11 is 0. The first-order valence-electron chi connectivity index (χ1n) is 27.1. The van der Waals surface area contributed by atoms with Gasteiger partial charge in [0.15, 0.2) is 17.5 Å². The third-order valence-electron chi connectivity index (χ3n) is 19.1. The Bertz CT molecular complexity index is 2140. The second kappa shape index (κ2) is 20.6. The van der Waals surface area contributed by atoms with Crippen LogP contribution in [0.15, 0.2) is 41.4 Å². The number of nitrogens with two attached hydrogens (primary N) is 1. The summed E-state index contributed by atoms with van der Waals surface area (Å²) in [5.74, 6) is 3.04. The number of hydrogen-bond donors (Lipinski definition) is 4. The van der Waals surface area contributed by atoms with E-state index in [2.05, 4.69) is 63.3 Å². The lowest BCUT2D eigenvalue weighted by Gasteiger charge is -2.44. The van der Waals surface area contributed by atoms with Gasteiger partial charge in [0.2, 0.25) is 5.91 Å². The van der Waals surface area contributed by atoms with E-state index < -0.39 is 12.2 Å². The maximum absolute atomic E-state index is 14.7. The number of aromatic hydroxyl groups is 1. The summed E-state index contributed by atoms with van der Waals surface area (Å²) in [6.07, 6.45) is 25.7. The van der Waals surface area contributed by atoms with E-state index in [1.165, 1.54) is 83.1 Å². The first-order chi connectivity index (χ1) is 33.0. The summed E-state index contributed by atoms with van der Waals surface area (Å²) < 4.78 is 12.8. The molecule has 12 heteroatoms. The molecule has 8 atom stereocenters. The molecule has 2 aromatic rings. The molecule has 3 heterocycles. The quantitative estimate of drug-likeness (QED) is 0.169. The molecule has 5 aliphatic carbocycles. The number of phenolic OH excluding ortho intramolecular Hbond substituents is 1. The summed E-state index contributed by atoms with van der Waals surface area (Å²) in [6, 6.07) is 12.9. The first kappa shape index (κ1) is 48.5. The average Bonchev–Trinajstić information content (AvgIpc) is 4.20. The molecule has 6 fully saturated rings. The van der Waals surface area contributed by atoms with Crippen LogP contribution in [0.1, 0.15) is 189 Å². The van der Waals surface area contributed by atoms with Gasteiger partial charge in [-0.1, -0.05) is 90.4 Å². The third kappa shape index (κ3) is 9.79. The normalized spacial score (nSPS) is 34.5. The molecular weight excluding hydrogens is 889 g/mol. The Morgan fingerprint density at radius 3 is 2.44 bits per heavy atom. The number of aryl methyl sites for hydroxylation is 1. The second-order valence-corrected chi connectivity index (χ2v) is 25.7. The highest BCUT2D eigenvalue weighted by Crippen LogP contribution is 2.64. The highest BCUT2D eigenvalue weighted by molar-refractivity contribution is 8.77. The Balaban J connectivity index is 0.995. The lowest BCUT2D eigenvalue weighted by atomic mass is 9.68. The number of aliphatic hydroxyl groups is 1. The molecule has 0 radical (unpaired) electrons. The number of aliphatic imine (C=N–C) groups is 1. The van der Waals surface area contributed by atoms with E-state index in [9.17, 15) is 19.8 Å². The number of carbonyl (C=O) groups is 2. The van der Waals surface area contributed by atoms with Gasteiger partial charge in [-0.3, -0.25) is 14.6 Å². The van der Waals surface area contributed by atoms with Crippen LogP contribution in [0.3, 0.4) is 0 Å². The van der Waals surface area contributed by atoms with Crippen molar-refractivity contribution in [1.29, 1.82) is 0 Å². The van der Waals surface area contributed by atoms with Crippen molar-refractivity contribution in [2.45, 2.75) is 210 Å². The van der Waals surface area contributed by atoms with Crippen molar-refractivity contribution in [1.82, 2.24) is 10.2 Å². The number of phenols is 1. The molecule has 8 unspecified atom stereocenters. The zero-order valence-corrected chi connectivity index (χ0v) is 42.6. The van der Waals surface area contributed by atoms with Crippen molar-refractivity contribution >= 4 is 39.4 Å². The van der Waals surface area contributed by atoms with Crippen molar-refractivity contribution in [3.05, 3.63) is 58.7 Å². The highest BCUT2D eigenvalue weighted by atomic mass is 33.1. The smallest absolute Gasteiger partial charge is 0.302 e. The predicted molar refractivity (Wildman–Crippen MR) is 274 cm³/mol. The van der Waals surface area contributed by atoms with E-state index in [4.69, 9.17) is 20.2 Å². The van der Waals surface area contributed by atoms with E-state index in [0.29, 0.717) is 73.8 Å². The molecule has 10 rings (SSSR count). The minimum absolute atomic E-state index is 0.0707. The number of carbonyl (C=O) groups excluding carboxylic acids is 2. The number of nitrogens with zero attached hydrogens (tertiary/aromatic N) is 2. The fourth-order valence-electron chi connectivity index (χ4n) is 15.5. The fourth-order valence-corrected chi connectivity index (χ4v) is 19.8. The summed E-state index contributed by atoms with van der Waals surface area (Å²) in [5, 5.41) is 27.8. The number of aliphatic hydroxyl groups excluding tert-OH is 1. The zero-order chi connectivity index (χ0) is 46.9. The predicted octanol–water partition coefficient (Wildman–Crippen LogP) is 11.3. The third-order valence-corrected chi connectivity index (χ3v) is 22.5. The van der Waals surface area contributed by atoms with Gasteiger partial charge in [0, 0.05) is 67.1 Å². The van der Waals surface area contributed by atoms with Gasteiger partial charge in [-0.25, -0.2) is 0 Å². The average molecular weight is 969 g/mol. The second-order valence-electron chi connectivity index (χ2n) is 23.1. The zero-order valence-electron chi connectivity index (χ0n) is 41.0. The molecular formula is C56H80N4O6S2. The molecule has 10 nitrogen and oxygen atoms in total. The van der Waals surface area contributed by atoms with Gasteiger partial charge in [0.05, 0.1) is 6.10 Å². The van der Waals surface area contributed by atoms with Gasteiger partial charge in [-0.05, 0) is 156 Å². The fraction of sp³-hybridized carbons (Fsp3) is 0.732. The molecule has 0 aromatic heterocycles. The molecule has 5 N–H and O–H groups in total. The van der Waals surface area contributed by atoms with Crippen LogP contribution in [0.5, 0.6) is 11.5 Å². The van der Waals surface area contributed by atoms with E-state index in [0.717, 1.165) is 81.1 Å².